The number of nitrogens with zero attached hydrogens (tertiary/aromatic N) is 4. The van der Waals surface area contributed by atoms with Crippen LogP contribution in [0.15, 0.2) is 30.3 Å². The number of hydrogen-bond donors (Lipinski definition) is 0. The molecular formula is C21H21ClN4OS2. The fourth-order valence-corrected chi connectivity index (χ4v) is 6.19. The molecule has 0 atom stereocenters. The summed E-state index contributed by atoms with van der Waals surface area (Å²) in [6, 6.07) is 10.1. The van der Waals surface area contributed by atoms with Crippen molar-refractivity contribution in [2.45, 2.75) is 13.8 Å². The third-order valence-corrected chi connectivity index (χ3v) is 7.49. The van der Waals surface area contributed by atoms with Gasteiger partial charge >= 0.3 is 0 Å². The van der Waals surface area contributed by atoms with Crippen LogP contribution in [0.2, 0.25) is 5.02 Å². The van der Waals surface area contributed by atoms with Crippen molar-refractivity contribution in [2.75, 3.05) is 42.6 Å². The number of aryl methyl sites for hydroxylation is 1. The van der Waals surface area contributed by atoms with E-state index in [0.717, 1.165) is 68.5 Å². The standard InChI is InChI=1S/C21H21ClN4OS2/c1-3-27-15-5-4-6-16-19(15)24-21(28-16)26-9-7-25(8-10-26)20-23-18-13(2)11-14(22)12-17(18)29-20/h4-6,11-12H,3,7-10H2,1-2H3. The minimum absolute atomic E-state index is 0.650. The van der Waals surface area contributed by atoms with Crippen molar-refractivity contribution in [1.29, 1.82) is 0 Å². The monoisotopic (exact) mass is 444 g/mol. The first-order chi connectivity index (χ1) is 14.1. The van der Waals surface area contributed by atoms with Gasteiger partial charge in [-0.1, -0.05) is 40.3 Å². The average molecular weight is 445 g/mol. The second kappa shape index (κ2) is 7.63. The molecule has 29 heavy (non-hydrogen) atoms. The van der Waals surface area contributed by atoms with E-state index >= 15 is 0 Å². The van der Waals surface area contributed by atoms with Crippen LogP contribution in [0.3, 0.4) is 0 Å². The van der Waals surface area contributed by atoms with Crippen molar-refractivity contribution in [3.63, 3.8) is 0 Å². The van der Waals surface area contributed by atoms with Crippen molar-refractivity contribution in [3.8, 4) is 5.75 Å². The van der Waals surface area contributed by atoms with Crippen LogP contribution < -0.4 is 14.5 Å². The lowest BCUT2D eigenvalue weighted by atomic mass is 10.2. The van der Waals surface area contributed by atoms with Crippen molar-refractivity contribution >= 4 is 65.0 Å². The quantitative estimate of drug-likeness (QED) is 0.410. The topological polar surface area (TPSA) is 41.5 Å². The van der Waals surface area contributed by atoms with Crippen molar-refractivity contribution in [2.24, 2.45) is 0 Å². The molecule has 0 aliphatic carbocycles. The first kappa shape index (κ1) is 18.9. The lowest BCUT2D eigenvalue weighted by Gasteiger charge is -2.34. The van der Waals surface area contributed by atoms with Crippen LogP contribution in [0.1, 0.15) is 12.5 Å². The predicted octanol–water partition coefficient (Wildman–Crippen LogP) is 5.59. The Morgan fingerprint density at radius 1 is 0.966 bits per heavy atom. The third-order valence-electron chi connectivity index (χ3n) is 5.13. The number of hydrogen-bond acceptors (Lipinski definition) is 7. The smallest absolute Gasteiger partial charge is 0.186 e. The van der Waals surface area contributed by atoms with Crippen LogP contribution in [0.25, 0.3) is 20.4 Å². The van der Waals surface area contributed by atoms with Crippen molar-refractivity contribution in [1.82, 2.24) is 9.97 Å². The summed E-state index contributed by atoms with van der Waals surface area (Å²) in [6.07, 6.45) is 0. The second-order valence-corrected chi connectivity index (χ2v) is 9.53. The van der Waals surface area contributed by atoms with Gasteiger partial charge in [-0.3, -0.25) is 0 Å². The Hall–Kier alpha value is -2.09. The molecule has 5 nitrogen and oxygen atoms in total. The fraction of sp³-hybridized carbons (Fsp3) is 0.333. The van der Waals surface area contributed by atoms with Gasteiger partial charge in [-0.15, -0.1) is 0 Å². The Labute approximate surface area is 182 Å². The molecule has 1 aliphatic heterocycles. The van der Waals surface area contributed by atoms with Crippen LogP contribution in [0.5, 0.6) is 5.75 Å². The molecule has 2 aromatic carbocycles. The van der Waals surface area contributed by atoms with Gasteiger partial charge in [0.2, 0.25) is 0 Å². The van der Waals surface area contributed by atoms with Crippen LogP contribution >= 0.6 is 34.3 Å². The van der Waals surface area contributed by atoms with Gasteiger partial charge in [0.25, 0.3) is 0 Å². The summed E-state index contributed by atoms with van der Waals surface area (Å²) in [4.78, 5) is 14.5. The third kappa shape index (κ3) is 3.52. The number of para-hydroxylation sites is 1. The van der Waals surface area contributed by atoms with E-state index in [1.165, 1.54) is 4.70 Å². The molecule has 0 saturated carbocycles. The maximum atomic E-state index is 6.21. The molecule has 0 unspecified atom stereocenters. The molecule has 4 aromatic rings. The molecule has 3 heterocycles. The molecule has 0 amide bonds. The number of thiazole rings is 2. The first-order valence-corrected chi connectivity index (χ1v) is 11.7. The highest BCUT2D eigenvalue weighted by molar-refractivity contribution is 7.22. The molecule has 8 heteroatoms. The van der Waals surface area contributed by atoms with E-state index in [0.29, 0.717) is 6.61 Å². The van der Waals surface area contributed by atoms with Crippen LogP contribution in [0.4, 0.5) is 10.3 Å². The molecule has 150 valence electrons. The largest absolute Gasteiger partial charge is 0.492 e. The molecular weight excluding hydrogens is 424 g/mol. The van der Waals surface area contributed by atoms with Gasteiger partial charge in [-0.25, -0.2) is 9.97 Å². The molecule has 1 fully saturated rings. The highest BCUT2D eigenvalue weighted by Gasteiger charge is 2.23. The zero-order valence-corrected chi connectivity index (χ0v) is 18.7. The van der Waals surface area contributed by atoms with Gasteiger partial charge in [0.15, 0.2) is 10.3 Å². The van der Waals surface area contributed by atoms with E-state index in [1.54, 1.807) is 22.7 Å². The molecule has 1 aliphatic rings. The van der Waals surface area contributed by atoms with Gasteiger partial charge in [0, 0.05) is 31.2 Å². The minimum Gasteiger partial charge on any atom is -0.492 e. The summed E-state index contributed by atoms with van der Waals surface area (Å²) in [6.45, 7) is 8.44. The summed E-state index contributed by atoms with van der Waals surface area (Å²) in [5, 5.41) is 2.92. The lowest BCUT2D eigenvalue weighted by molar-refractivity contribution is 0.344. The zero-order valence-electron chi connectivity index (χ0n) is 16.3. The van der Waals surface area contributed by atoms with Gasteiger partial charge in [0.1, 0.15) is 11.3 Å². The van der Waals surface area contributed by atoms with Crippen LogP contribution in [-0.4, -0.2) is 42.8 Å². The van der Waals surface area contributed by atoms with E-state index in [-0.39, 0.29) is 0 Å². The van der Waals surface area contributed by atoms with E-state index < -0.39 is 0 Å². The molecule has 2 aromatic heterocycles. The normalized spacial score (nSPS) is 14.9. The molecule has 0 bridgehead atoms. The minimum atomic E-state index is 0.650. The van der Waals surface area contributed by atoms with E-state index in [1.807, 2.05) is 31.2 Å². The lowest BCUT2D eigenvalue weighted by Crippen LogP contribution is -2.46. The van der Waals surface area contributed by atoms with Crippen LogP contribution in [-0.2, 0) is 0 Å². The molecule has 1 saturated heterocycles. The summed E-state index contributed by atoms with van der Waals surface area (Å²) in [5.74, 6) is 0.870. The maximum absolute atomic E-state index is 6.21. The summed E-state index contributed by atoms with van der Waals surface area (Å²) >= 11 is 9.67. The SMILES string of the molecule is CCOc1cccc2sc(N3CCN(c4nc5c(C)cc(Cl)cc5s4)CC3)nc12. The number of rotatable bonds is 4. The van der Waals surface area contributed by atoms with Crippen LogP contribution in [0, 0.1) is 6.92 Å². The Morgan fingerprint density at radius 2 is 1.62 bits per heavy atom. The Kier molecular flexibility index (Phi) is 4.97. The van der Waals surface area contributed by atoms with E-state index in [4.69, 9.17) is 26.3 Å². The zero-order chi connectivity index (χ0) is 20.0. The summed E-state index contributed by atoms with van der Waals surface area (Å²) < 4.78 is 8.07. The number of fused-ring (bicyclic) bond motifs is 2. The Balaban J connectivity index is 1.35. The number of ether oxygens (including phenoxy) is 1. The van der Waals surface area contributed by atoms with Gasteiger partial charge < -0.3 is 14.5 Å². The summed E-state index contributed by atoms with van der Waals surface area (Å²) in [7, 11) is 0. The molecule has 0 N–H and O–H groups in total. The number of piperazine rings is 1. The maximum Gasteiger partial charge on any atom is 0.186 e. The Bertz CT molecular complexity index is 1180. The highest BCUT2D eigenvalue weighted by Crippen LogP contribution is 2.36. The Morgan fingerprint density at radius 3 is 2.31 bits per heavy atom. The van der Waals surface area contributed by atoms with Crippen molar-refractivity contribution < 1.29 is 4.74 Å². The highest BCUT2D eigenvalue weighted by atomic mass is 35.5. The predicted molar refractivity (Wildman–Crippen MR) is 125 cm³/mol. The van der Waals surface area contributed by atoms with Gasteiger partial charge in [-0.05, 0) is 43.7 Å². The molecule has 0 spiro atoms. The van der Waals surface area contributed by atoms with E-state index in [2.05, 4.69) is 22.8 Å². The molecule has 5 rings (SSSR count). The number of halogens is 1. The summed E-state index contributed by atoms with van der Waals surface area (Å²) in [5.41, 5.74) is 3.16. The average Bonchev–Trinajstić information content (AvgIpc) is 3.33. The number of anilines is 2. The van der Waals surface area contributed by atoms with Gasteiger partial charge in [-0.2, -0.15) is 0 Å². The second-order valence-electron chi connectivity index (χ2n) is 7.07. The number of aromatic nitrogens is 2. The first-order valence-electron chi connectivity index (χ1n) is 9.71. The fourth-order valence-electron chi connectivity index (χ4n) is 3.69. The van der Waals surface area contributed by atoms with Gasteiger partial charge in [0.05, 0.1) is 21.5 Å². The molecule has 0 radical (unpaired) electrons. The number of benzene rings is 2. The van der Waals surface area contributed by atoms with E-state index in [9.17, 15) is 0 Å². The van der Waals surface area contributed by atoms with Crippen molar-refractivity contribution in [3.05, 3.63) is 40.9 Å².